The van der Waals surface area contributed by atoms with Gasteiger partial charge in [0.05, 0.1) is 0 Å². The smallest absolute Gasteiger partial charge is 0.328 e. The third kappa shape index (κ3) is 4.45. The molecule has 0 bridgehead atoms. The number of carboxylic acids is 1. The minimum absolute atomic E-state index is 0.0597. The third-order valence-corrected chi connectivity index (χ3v) is 3.84. The van der Waals surface area contributed by atoms with Gasteiger partial charge in [-0.15, -0.1) is 0 Å². The van der Waals surface area contributed by atoms with Gasteiger partial charge in [-0.3, -0.25) is 4.79 Å². The van der Waals surface area contributed by atoms with E-state index in [-0.39, 0.29) is 11.4 Å². The molecular weight excluding hydrogens is 266 g/mol. The zero-order valence-electron chi connectivity index (χ0n) is 13.3. The van der Waals surface area contributed by atoms with Crippen LogP contribution in [0.25, 0.3) is 6.08 Å². The van der Waals surface area contributed by atoms with E-state index in [4.69, 9.17) is 5.11 Å². The molecule has 0 radical (unpaired) electrons. The highest BCUT2D eigenvalue weighted by Crippen LogP contribution is 2.21. The van der Waals surface area contributed by atoms with Crippen LogP contribution in [0.3, 0.4) is 0 Å². The predicted molar refractivity (Wildman–Crippen MR) is 84.3 cm³/mol. The SMILES string of the molecule is CCC(C)(C)N(C)C(=O)c1cc(C)cc(/C=C/C(=O)O)c1. The first-order chi connectivity index (χ1) is 9.67. The lowest BCUT2D eigenvalue weighted by Gasteiger charge is -2.35. The van der Waals surface area contributed by atoms with Crippen molar-refractivity contribution in [1.29, 1.82) is 0 Å². The van der Waals surface area contributed by atoms with E-state index in [0.29, 0.717) is 11.1 Å². The Hall–Kier alpha value is -2.10. The van der Waals surface area contributed by atoms with Gasteiger partial charge < -0.3 is 10.0 Å². The topological polar surface area (TPSA) is 57.6 Å². The van der Waals surface area contributed by atoms with Crippen molar-refractivity contribution in [2.45, 2.75) is 39.7 Å². The molecule has 0 fully saturated rings. The number of hydrogen-bond acceptors (Lipinski definition) is 2. The zero-order chi connectivity index (χ0) is 16.2. The van der Waals surface area contributed by atoms with E-state index in [1.165, 1.54) is 6.08 Å². The molecule has 21 heavy (non-hydrogen) atoms. The summed E-state index contributed by atoms with van der Waals surface area (Å²) < 4.78 is 0. The number of benzene rings is 1. The first-order valence-electron chi connectivity index (χ1n) is 6.98. The Morgan fingerprint density at radius 1 is 1.29 bits per heavy atom. The van der Waals surface area contributed by atoms with Crippen LogP contribution in [0.1, 0.15) is 48.7 Å². The van der Waals surface area contributed by atoms with E-state index in [2.05, 4.69) is 0 Å². The van der Waals surface area contributed by atoms with Crippen molar-refractivity contribution in [3.63, 3.8) is 0 Å². The molecule has 0 atom stereocenters. The quantitative estimate of drug-likeness (QED) is 0.846. The molecular formula is C17H23NO3. The van der Waals surface area contributed by atoms with Gasteiger partial charge in [-0.1, -0.05) is 13.0 Å². The first kappa shape index (κ1) is 17.0. The minimum Gasteiger partial charge on any atom is -0.478 e. The van der Waals surface area contributed by atoms with E-state index in [0.717, 1.165) is 18.1 Å². The summed E-state index contributed by atoms with van der Waals surface area (Å²) >= 11 is 0. The Labute approximate surface area is 126 Å². The van der Waals surface area contributed by atoms with Gasteiger partial charge in [0, 0.05) is 24.2 Å². The van der Waals surface area contributed by atoms with Crippen molar-refractivity contribution >= 4 is 18.0 Å². The molecule has 0 aliphatic heterocycles. The summed E-state index contributed by atoms with van der Waals surface area (Å²) in [6.07, 6.45) is 3.42. The number of rotatable bonds is 5. The van der Waals surface area contributed by atoms with Gasteiger partial charge >= 0.3 is 5.97 Å². The van der Waals surface area contributed by atoms with E-state index >= 15 is 0 Å². The molecule has 0 aliphatic rings. The van der Waals surface area contributed by atoms with Crippen LogP contribution < -0.4 is 0 Å². The van der Waals surface area contributed by atoms with Crippen molar-refractivity contribution in [2.75, 3.05) is 7.05 Å². The number of aliphatic carboxylic acids is 1. The van der Waals surface area contributed by atoms with Crippen LogP contribution >= 0.6 is 0 Å². The van der Waals surface area contributed by atoms with Gasteiger partial charge in [-0.05, 0) is 56.5 Å². The van der Waals surface area contributed by atoms with Crippen molar-refractivity contribution in [3.05, 3.63) is 41.0 Å². The summed E-state index contributed by atoms with van der Waals surface area (Å²) in [6.45, 7) is 7.97. The Kier molecular flexibility index (Phi) is 5.30. The minimum atomic E-state index is -1.01. The fourth-order valence-electron chi connectivity index (χ4n) is 1.91. The van der Waals surface area contributed by atoms with Gasteiger partial charge in [0.1, 0.15) is 0 Å². The first-order valence-corrected chi connectivity index (χ1v) is 6.98. The number of carboxylic acid groups (broad SMARTS) is 1. The molecule has 1 aromatic carbocycles. The van der Waals surface area contributed by atoms with Crippen LogP contribution in [0.15, 0.2) is 24.3 Å². The average molecular weight is 289 g/mol. The number of aryl methyl sites for hydroxylation is 1. The van der Waals surface area contributed by atoms with Crippen molar-refractivity contribution in [1.82, 2.24) is 4.90 Å². The number of carbonyl (C=O) groups excluding carboxylic acids is 1. The monoisotopic (exact) mass is 289 g/mol. The van der Waals surface area contributed by atoms with Crippen LogP contribution in [-0.2, 0) is 4.79 Å². The maximum absolute atomic E-state index is 12.6. The Morgan fingerprint density at radius 2 is 1.90 bits per heavy atom. The van der Waals surface area contributed by atoms with Gasteiger partial charge in [-0.25, -0.2) is 4.79 Å². The molecule has 1 rings (SSSR count). The van der Waals surface area contributed by atoms with E-state index in [9.17, 15) is 9.59 Å². The molecule has 114 valence electrons. The molecule has 4 nitrogen and oxygen atoms in total. The van der Waals surface area contributed by atoms with Crippen LogP contribution in [-0.4, -0.2) is 34.5 Å². The van der Waals surface area contributed by atoms with E-state index < -0.39 is 5.97 Å². The summed E-state index contributed by atoms with van der Waals surface area (Å²) in [5.41, 5.74) is 1.99. The molecule has 1 aromatic rings. The van der Waals surface area contributed by atoms with E-state index in [1.807, 2.05) is 39.8 Å². The lowest BCUT2D eigenvalue weighted by atomic mass is 9.98. The maximum atomic E-state index is 12.6. The van der Waals surface area contributed by atoms with Gasteiger partial charge in [0.25, 0.3) is 5.91 Å². The molecule has 0 saturated carbocycles. The molecule has 4 heteroatoms. The van der Waals surface area contributed by atoms with Crippen molar-refractivity contribution in [2.24, 2.45) is 0 Å². The Balaban J connectivity index is 3.13. The van der Waals surface area contributed by atoms with Crippen LogP contribution in [0.5, 0.6) is 0 Å². The summed E-state index contributed by atoms with van der Waals surface area (Å²) in [6, 6.07) is 5.39. The highest BCUT2D eigenvalue weighted by Gasteiger charge is 2.26. The maximum Gasteiger partial charge on any atom is 0.328 e. The van der Waals surface area contributed by atoms with Crippen LogP contribution in [0, 0.1) is 6.92 Å². The summed E-state index contributed by atoms with van der Waals surface area (Å²) in [5, 5.41) is 8.69. The molecule has 0 heterocycles. The molecule has 1 N–H and O–H groups in total. The standard InChI is InChI=1S/C17H23NO3/c1-6-17(3,4)18(5)16(21)14-10-12(2)9-13(11-14)7-8-15(19)20/h7-11H,6H2,1-5H3,(H,19,20)/b8-7+. The Morgan fingerprint density at radius 3 is 2.43 bits per heavy atom. The van der Waals surface area contributed by atoms with E-state index in [1.54, 1.807) is 18.0 Å². The number of nitrogens with zero attached hydrogens (tertiary/aromatic N) is 1. The Bertz CT molecular complexity index is 573. The normalized spacial score (nSPS) is 11.7. The number of hydrogen-bond donors (Lipinski definition) is 1. The lowest BCUT2D eigenvalue weighted by molar-refractivity contribution is -0.131. The van der Waals surface area contributed by atoms with Crippen molar-refractivity contribution < 1.29 is 14.7 Å². The second kappa shape index (κ2) is 6.57. The molecule has 0 spiro atoms. The summed E-state index contributed by atoms with van der Waals surface area (Å²) in [5.74, 6) is -1.07. The fourth-order valence-corrected chi connectivity index (χ4v) is 1.91. The predicted octanol–water partition coefficient (Wildman–Crippen LogP) is 3.35. The fraction of sp³-hybridized carbons (Fsp3) is 0.412. The highest BCUT2D eigenvalue weighted by atomic mass is 16.4. The summed E-state index contributed by atoms with van der Waals surface area (Å²) in [4.78, 5) is 24.9. The number of carbonyl (C=O) groups is 2. The lowest BCUT2D eigenvalue weighted by Crippen LogP contribution is -2.44. The zero-order valence-corrected chi connectivity index (χ0v) is 13.3. The van der Waals surface area contributed by atoms with Crippen LogP contribution in [0.2, 0.25) is 0 Å². The van der Waals surface area contributed by atoms with Gasteiger partial charge in [-0.2, -0.15) is 0 Å². The average Bonchev–Trinajstić information content (AvgIpc) is 2.42. The second-order valence-corrected chi connectivity index (χ2v) is 5.83. The largest absolute Gasteiger partial charge is 0.478 e. The van der Waals surface area contributed by atoms with Gasteiger partial charge in [0.2, 0.25) is 0 Å². The third-order valence-electron chi connectivity index (χ3n) is 3.84. The van der Waals surface area contributed by atoms with Crippen molar-refractivity contribution in [3.8, 4) is 0 Å². The number of amides is 1. The molecule has 0 aliphatic carbocycles. The molecule has 0 unspecified atom stereocenters. The molecule has 0 aromatic heterocycles. The second-order valence-electron chi connectivity index (χ2n) is 5.83. The highest BCUT2D eigenvalue weighted by molar-refractivity contribution is 5.95. The van der Waals surface area contributed by atoms with Gasteiger partial charge in [0.15, 0.2) is 0 Å². The molecule has 0 saturated heterocycles. The van der Waals surface area contributed by atoms with Crippen LogP contribution in [0.4, 0.5) is 0 Å². The molecule has 1 amide bonds. The summed E-state index contributed by atoms with van der Waals surface area (Å²) in [7, 11) is 1.79.